The lowest BCUT2D eigenvalue weighted by Gasteiger charge is -2.20. The number of nitrogens with one attached hydrogen (secondary N) is 1. The number of hydrogen-bond donors (Lipinski definition) is 1. The SMILES string of the molecule is Cc1cc(Br)ccc1OCCCCCNC(C)(C)C. The quantitative estimate of drug-likeness (QED) is 0.733. The van der Waals surface area contributed by atoms with Gasteiger partial charge in [-0.2, -0.15) is 0 Å². The van der Waals surface area contributed by atoms with Gasteiger partial charge in [0.05, 0.1) is 6.61 Å². The molecular formula is C16H26BrNO. The molecule has 0 spiro atoms. The van der Waals surface area contributed by atoms with Gasteiger partial charge < -0.3 is 10.1 Å². The van der Waals surface area contributed by atoms with Crippen molar-refractivity contribution in [3.63, 3.8) is 0 Å². The van der Waals surface area contributed by atoms with E-state index in [4.69, 9.17) is 4.74 Å². The molecule has 3 heteroatoms. The first kappa shape index (κ1) is 16.5. The summed E-state index contributed by atoms with van der Waals surface area (Å²) in [5, 5.41) is 3.50. The zero-order valence-corrected chi connectivity index (χ0v) is 14.1. The molecule has 0 saturated carbocycles. The summed E-state index contributed by atoms with van der Waals surface area (Å²) in [5.41, 5.74) is 1.41. The van der Waals surface area contributed by atoms with Gasteiger partial charge in [-0.25, -0.2) is 0 Å². The summed E-state index contributed by atoms with van der Waals surface area (Å²) in [7, 11) is 0. The Morgan fingerprint density at radius 2 is 1.89 bits per heavy atom. The monoisotopic (exact) mass is 327 g/mol. The number of ether oxygens (including phenoxy) is 1. The lowest BCUT2D eigenvalue weighted by Crippen LogP contribution is -2.36. The van der Waals surface area contributed by atoms with E-state index >= 15 is 0 Å². The smallest absolute Gasteiger partial charge is 0.122 e. The molecule has 0 radical (unpaired) electrons. The summed E-state index contributed by atoms with van der Waals surface area (Å²) in [6, 6.07) is 6.14. The van der Waals surface area contributed by atoms with Gasteiger partial charge in [0.1, 0.15) is 5.75 Å². The highest BCUT2D eigenvalue weighted by atomic mass is 79.9. The van der Waals surface area contributed by atoms with Gasteiger partial charge in [0.15, 0.2) is 0 Å². The second-order valence-electron chi connectivity index (χ2n) is 6.00. The van der Waals surface area contributed by atoms with Crippen LogP contribution in [-0.4, -0.2) is 18.7 Å². The molecule has 1 aromatic rings. The van der Waals surface area contributed by atoms with Crippen molar-refractivity contribution in [3.8, 4) is 5.75 Å². The number of rotatable bonds is 7. The van der Waals surface area contributed by atoms with E-state index in [0.29, 0.717) is 0 Å². The zero-order chi connectivity index (χ0) is 14.3. The minimum Gasteiger partial charge on any atom is -0.493 e. The predicted octanol–water partition coefficient (Wildman–Crippen LogP) is 4.69. The maximum absolute atomic E-state index is 5.80. The molecule has 1 rings (SSSR count). The van der Waals surface area contributed by atoms with Crippen LogP contribution in [0.4, 0.5) is 0 Å². The Kier molecular flexibility index (Phi) is 6.87. The average Bonchev–Trinajstić information content (AvgIpc) is 2.29. The summed E-state index contributed by atoms with van der Waals surface area (Å²) in [5.74, 6) is 0.996. The van der Waals surface area contributed by atoms with E-state index in [9.17, 15) is 0 Å². The molecule has 0 unspecified atom stereocenters. The third-order valence-electron chi connectivity index (χ3n) is 2.87. The summed E-state index contributed by atoms with van der Waals surface area (Å²) < 4.78 is 6.90. The largest absolute Gasteiger partial charge is 0.493 e. The third-order valence-corrected chi connectivity index (χ3v) is 3.36. The Morgan fingerprint density at radius 1 is 1.16 bits per heavy atom. The fourth-order valence-electron chi connectivity index (χ4n) is 1.82. The van der Waals surface area contributed by atoms with Crippen LogP contribution in [0.15, 0.2) is 22.7 Å². The van der Waals surface area contributed by atoms with E-state index in [2.05, 4.69) is 55.0 Å². The summed E-state index contributed by atoms with van der Waals surface area (Å²) in [6.45, 7) is 10.6. The molecule has 0 fully saturated rings. The Bertz CT molecular complexity index is 385. The highest BCUT2D eigenvalue weighted by Crippen LogP contribution is 2.22. The average molecular weight is 328 g/mol. The van der Waals surface area contributed by atoms with E-state index in [1.54, 1.807) is 0 Å². The van der Waals surface area contributed by atoms with Crippen LogP contribution in [0, 0.1) is 6.92 Å². The van der Waals surface area contributed by atoms with E-state index in [1.807, 2.05) is 12.1 Å². The molecule has 0 amide bonds. The molecule has 19 heavy (non-hydrogen) atoms. The molecule has 2 nitrogen and oxygen atoms in total. The van der Waals surface area contributed by atoms with Gasteiger partial charge in [-0.15, -0.1) is 0 Å². The fraction of sp³-hybridized carbons (Fsp3) is 0.625. The highest BCUT2D eigenvalue weighted by molar-refractivity contribution is 9.10. The van der Waals surface area contributed by atoms with Crippen LogP contribution in [0.5, 0.6) is 5.75 Å². The molecule has 0 bridgehead atoms. The molecule has 0 saturated heterocycles. The second-order valence-corrected chi connectivity index (χ2v) is 6.91. The summed E-state index contributed by atoms with van der Waals surface area (Å²) in [6.07, 6.45) is 3.53. The molecular weight excluding hydrogens is 302 g/mol. The molecule has 0 aromatic heterocycles. The Balaban J connectivity index is 2.11. The molecule has 0 aliphatic carbocycles. The standard InChI is InChI=1S/C16H26BrNO/c1-13-12-14(17)8-9-15(13)19-11-7-5-6-10-18-16(2,3)4/h8-9,12,18H,5-7,10-11H2,1-4H3. The van der Waals surface area contributed by atoms with Crippen LogP contribution in [0.25, 0.3) is 0 Å². The Morgan fingerprint density at radius 3 is 2.53 bits per heavy atom. The molecule has 0 heterocycles. The van der Waals surface area contributed by atoms with E-state index < -0.39 is 0 Å². The first-order valence-corrected chi connectivity index (χ1v) is 7.82. The van der Waals surface area contributed by atoms with Crippen molar-refractivity contribution >= 4 is 15.9 Å². The van der Waals surface area contributed by atoms with Gasteiger partial charge in [0.2, 0.25) is 0 Å². The molecule has 0 aliphatic heterocycles. The van der Waals surface area contributed by atoms with Crippen molar-refractivity contribution in [2.75, 3.05) is 13.2 Å². The first-order chi connectivity index (χ1) is 8.88. The molecule has 1 aromatic carbocycles. The van der Waals surface area contributed by atoms with E-state index in [0.717, 1.165) is 29.8 Å². The maximum Gasteiger partial charge on any atom is 0.122 e. The van der Waals surface area contributed by atoms with Crippen LogP contribution in [0.1, 0.15) is 45.6 Å². The number of halogens is 1. The van der Waals surface area contributed by atoms with Crippen LogP contribution >= 0.6 is 15.9 Å². The van der Waals surface area contributed by atoms with Gasteiger partial charge >= 0.3 is 0 Å². The minimum atomic E-state index is 0.227. The van der Waals surface area contributed by atoms with Gasteiger partial charge in [0, 0.05) is 10.0 Å². The summed E-state index contributed by atoms with van der Waals surface area (Å²) in [4.78, 5) is 0. The van der Waals surface area contributed by atoms with Crippen molar-refractivity contribution < 1.29 is 4.74 Å². The summed E-state index contributed by atoms with van der Waals surface area (Å²) >= 11 is 3.46. The van der Waals surface area contributed by atoms with Crippen molar-refractivity contribution in [1.29, 1.82) is 0 Å². The number of hydrogen-bond acceptors (Lipinski definition) is 2. The number of aryl methyl sites for hydroxylation is 1. The zero-order valence-electron chi connectivity index (χ0n) is 12.6. The van der Waals surface area contributed by atoms with Gasteiger partial charge in [-0.05, 0) is 77.3 Å². The minimum absolute atomic E-state index is 0.227. The third kappa shape index (κ3) is 7.58. The number of benzene rings is 1. The Hall–Kier alpha value is -0.540. The van der Waals surface area contributed by atoms with Crippen molar-refractivity contribution in [3.05, 3.63) is 28.2 Å². The normalized spacial score (nSPS) is 11.6. The molecule has 1 N–H and O–H groups in total. The second kappa shape index (κ2) is 7.91. The van der Waals surface area contributed by atoms with Crippen molar-refractivity contribution in [1.82, 2.24) is 5.32 Å². The number of unbranched alkanes of at least 4 members (excludes halogenated alkanes) is 2. The lowest BCUT2D eigenvalue weighted by atomic mass is 10.1. The van der Waals surface area contributed by atoms with E-state index in [-0.39, 0.29) is 5.54 Å². The predicted molar refractivity (Wildman–Crippen MR) is 86.0 cm³/mol. The van der Waals surface area contributed by atoms with Gasteiger partial charge in [-0.1, -0.05) is 15.9 Å². The van der Waals surface area contributed by atoms with Gasteiger partial charge in [0.25, 0.3) is 0 Å². The molecule has 0 atom stereocenters. The topological polar surface area (TPSA) is 21.3 Å². The first-order valence-electron chi connectivity index (χ1n) is 7.02. The van der Waals surface area contributed by atoms with Crippen LogP contribution in [-0.2, 0) is 0 Å². The van der Waals surface area contributed by atoms with Crippen molar-refractivity contribution in [2.45, 2.75) is 52.5 Å². The van der Waals surface area contributed by atoms with Crippen LogP contribution < -0.4 is 10.1 Å². The van der Waals surface area contributed by atoms with Crippen molar-refractivity contribution in [2.24, 2.45) is 0 Å². The molecule has 108 valence electrons. The maximum atomic E-state index is 5.80. The fourth-order valence-corrected chi connectivity index (χ4v) is 2.30. The lowest BCUT2D eigenvalue weighted by molar-refractivity contribution is 0.301. The molecule has 0 aliphatic rings. The van der Waals surface area contributed by atoms with Crippen LogP contribution in [0.3, 0.4) is 0 Å². The van der Waals surface area contributed by atoms with E-state index in [1.165, 1.54) is 18.4 Å². The Labute approximate surface area is 126 Å². The van der Waals surface area contributed by atoms with Crippen LogP contribution in [0.2, 0.25) is 0 Å². The van der Waals surface area contributed by atoms with Gasteiger partial charge in [-0.3, -0.25) is 0 Å². The highest BCUT2D eigenvalue weighted by Gasteiger charge is 2.06.